The molecule has 0 saturated heterocycles. The third-order valence-electron chi connectivity index (χ3n) is 2.71. The summed E-state index contributed by atoms with van der Waals surface area (Å²) in [7, 11) is 3.33. The van der Waals surface area contributed by atoms with Crippen molar-refractivity contribution >= 4 is 17.5 Å². The SMILES string of the molecule is COc1cnccc1C(=O)N(C)CCCCCCl. The molecule has 0 bridgehead atoms. The van der Waals surface area contributed by atoms with Gasteiger partial charge in [0.15, 0.2) is 0 Å². The number of alkyl halides is 1. The maximum atomic E-state index is 12.2. The van der Waals surface area contributed by atoms with Crippen LogP contribution in [0.15, 0.2) is 18.5 Å². The van der Waals surface area contributed by atoms with E-state index in [-0.39, 0.29) is 5.91 Å². The standard InChI is InChI=1S/C13H19ClN2O2/c1-16(9-5-3-4-7-14)13(17)11-6-8-15-10-12(11)18-2/h6,8,10H,3-5,7,9H2,1-2H3. The van der Waals surface area contributed by atoms with Gasteiger partial charge in [-0.05, 0) is 18.9 Å². The number of hydrogen-bond acceptors (Lipinski definition) is 3. The molecule has 1 heterocycles. The molecule has 0 aliphatic heterocycles. The molecular weight excluding hydrogens is 252 g/mol. The van der Waals surface area contributed by atoms with E-state index in [1.54, 1.807) is 30.4 Å². The smallest absolute Gasteiger partial charge is 0.257 e. The molecule has 0 atom stereocenters. The number of pyridine rings is 1. The second kappa shape index (κ2) is 7.93. The van der Waals surface area contributed by atoms with Crippen molar-refractivity contribution in [3.05, 3.63) is 24.0 Å². The van der Waals surface area contributed by atoms with E-state index >= 15 is 0 Å². The Morgan fingerprint density at radius 1 is 1.44 bits per heavy atom. The van der Waals surface area contributed by atoms with Crippen molar-refractivity contribution in [2.24, 2.45) is 0 Å². The molecule has 18 heavy (non-hydrogen) atoms. The van der Waals surface area contributed by atoms with Crippen molar-refractivity contribution in [1.82, 2.24) is 9.88 Å². The monoisotopic (exact) mass is 270 g/mol. The number of nitrogens with zero attached hydrogens (tertiary/aromatic N) is 2. The lowest BCUT2D eigenvalue weighted by atomic mass is 10.2. The van der Waals surface area contributed by atoms with Crippen LogP contribution in [-0.4, -0.2) is 42.4 Å². The Labute approximate surface area is 113 Å². The van der Waals surface area contributed by atoms with Gasteiger partial charge in [0, 0.05) is 25.7 Å². The number of methoxy groups -OCH3 is 1. The number of halogens is 1. The van der Waals surface area contributed by atoms with Crippen molar-refractivity contribution in [2.75, 3.05) is 26.6 Å². The highest BCUT2D eigenvalue weighted by Crippen LogP contribution is 2.17. The fourth-order valence-electron chi connectivity index (χ4n) is 1.65. The molecule has 100 valence electrons. The third kappa shape index (κ3) is 4.18. The van der Waals surface area contributed by atoms with Crippen LogP contribution in [0.25, 0.3) is 0 Å². The van der Waals surface area contributed by atoms with Crippen LogP contribution in [0.4, 0.5) is 0 Å². The zero-order valence-electron chi connectivity index (χ0n) is 10.9. The predicted octanol–water partition coefficient (Wildman–Crippen LogP) is 2.57. The zero-order chi connectivity index (χ0) is 13.4. The van der Waals surface area contributed by atoms with Crippen molar-refractivity contribution in [3.8, 4) is 5.75 Å². The van der Waals surface area contributed by atoms with E-state index in [0.29, 0.717) is 17.2 Å². The molecule has 1 aromatic heterocycles. The van der Waals surface area contributed by atoms with Crippen LogP contribution in [0.1, 0.15) is 29.6 Å². The number of unbranched alkanes of at least 4 members (excludes halogenated alkanes) is 2. The van der Waals surface area contributed by atoms with Gasteiger partial charge in [-0.25, -0.2) is 0 Å². The molecule has 4 nitrogen and oxygen atoms in total. The maximum absolute atomic E-state index is 12.2. The van der Waals surface area contributed by atoms with E-state index in [1.807, 2.05) is 0 Å². The van der Waals surface area contributed by atoms with Gasteiger partial charge < -0.3 is 9.64 Å². The average molecular weight is 271 g/mol. The highest BCUT2D eigenvalue weighted by Gasteiger charge is 2.15. The van der Waals surface area contributed by atoms with E-state index in [9.17, 15) is 4.79 Å². The first-order chi connectivity index (χ1) is 8.70. The third-order valence-corrected chi connectivity index (χ3v) is 2.98. The summed E-state index contributed by atoms with van der Waals surface area (Å²) in [5.74, 6) is 1.14. The number of rotatable bonds is 7. The molecule has 1 aromatic rings. The Morgan fingerprint density at radius 2 is 2.22 bits per heavy atom. The summed E-state index contributed by atoms with van der Waals surface area (Å²) in [6.45, 7) is 0.723. The van der Waals surface area contributed by atoms with E-state index in [0.717, 1.165) is 25.8 Å². The summed E-state index contributed by atoms with van der Waals surface area (Å²) >= 11 is 5.61. The topological polar surface area (TPSA) is 42.4 Å². The van der Waals surface area contributed by atoms with Crippen LogP contribution >= 0.6 is 11.6 Å². The summed E-state index contributed by atoms with van der Waals surface area (Å²) in [5, 5.41) is 0. The van der Waals surface area contributed by atoms with Gasteiger partial charge in [0.2, 0.25) is 0 Å². The fourth-order valence-corrected chi connectivity index (χ4v) is 1.84. The number of ether oxygens (including phenoxy) is 1. The first kappa shape index (κ1) is 14.8. The second-order valence-electron chi connectivity index (χ2n) is 4.05. The summed E-state index contributed by atoms with van der Waals surface area (Å²) < 4.78 is 5.13. The van der Waals surface area contributed by atoms with E-state index in [1.165, 1.54) is 7.11 Å². The van der Waals surface area contributed by atoms with Crippen LogP contribution < -0.4 is 4.74 Å². The molecule has 0 aliphatic rings. The van der Waals surface area contributed by atoms with E-state index < -0.39 is 0 Å². The highest BCUT2D eigenvalue weighted by molar-refractivity contribution is 6.17. The minimum absolute atomic E-state index is 0.0416. The molecule has 0 N–H and O–H groups in total. The Bertz CT molecular complexity index is 385. The molecule has 0 unspecified atom stereocenters. The first-order valence-electron chi connectivity index (χ1n) is 6.00. The van der Waals surface area contributed by atoms with Crippen molar-refractivity contribution in [2.45, 2.75) is 19.3 Å². The van der Waals surface area contributed by atoms with Crippen LogP contribution in [0.2, 0.25) is 0 Å². The molecule has 0 fully saturated rings. The Hall–Kier alpha value is -1.29. The van der Waals surface area contributed by atoms with Gasteiger partial charge in [-0.15, -0.1) is 11.6 Å². The number of aromatic nitrogens is 1. The maximum Gasteiger partial charge on any atom is 0.257 e. The number of hydrogen-bond donors (Lipinski definition) is 0. The number of carbonyl (C=O) groups excluding carboxylic acids is 1. The van der Waals surface area contributed by atoms with Crippen LogP contribution in [0.3, 0.4) is 0 Å². The molecule has 1 rings (SSSR count). The van der Waals surface area contributed by atoms with Crippen molar-refractivity contribution < 1.29 is 9.53 Å². The number of carbonyl (C=O) groups is 1. The Kier molecular flexibility index (Phi) is 6.50. The van der Waals surface area contributed by atoms with Gasteiger partial charge >= 0.3 is 0 Å². The van der Waals surface area contributed by atoms with E-state index in [2.05, 4.69) is 4.98 Å². The van der Waals surface area contributed by atoms with Crippen LogP contribution in [0.5, 0.6) is 5.75 Å². The van der Waals surface area contributed by atoms with Gasteiger partial charge in [-0.3, -0.25) is 9.78 Å². The normalized spacial score (nSPS) is 10.2. The second-order valence-corrected chi connectivity index (χ2v) is 4.43. The van der Waals surface area contributed by atoms with Gasteiger partial charge in [-0.2, -0.15) is 0 Å². The molecule has 5 heteroatoms. The number of amides is 1. The summed E-state index contributed by atoms with van der Waals surface area (Å²) in [6.07, 6.45) is 6.13. The Balaban J connectivity index is 2.57. The molecular formula is C13H19ClN2O2. The molecule has 0 saturated carbocycles. The lowest BCUT2D eigenvalue weighted by Crippen LogP contribution is -2.28. The molecule has 0 aromatic carbocycles. The first-order valence-corrected chi connectivity index (χ1v) is 6.53. The highest BCUT2D eigenvalue weighted by atomic mass is 35.5. The zero-order valence-corrected chi connectivity index (χ0v) is 11.6. The molecule has 0 aliphatic carbocycles. The summed E-state index contributed by atoms with van der Waals surface area (Å²) in [4.78, 5) is 17.8. The molecule has 0 spiro atoms. The van der Waals surface area contributed by atoms with E-state index in [4.69, 9.17) is 16.3 Å². The van der Waals surface area contributed by atoms with Gasteiger partial charge in [0.25, 0.3) is 5.91 Å². The van der Waals surface area contributed by atoms with Gasteiger partial charge in [-0.1, -0.05) is 6.42 Å². The quantitative estimate of drug-likeness (QED) is 0.565. The van der Waals surface area contributed by atoms with Gasteiger partial charge in [0.05, 0.1) is 18.9 Å². The predicted molar refractivity (Wildman–Crippen MR) is 72.3 cm³/mol. The summed E-state index contributed by atoms with van der Waals surface area (Å²) in [5.41, 5.74) is 0.548. The summed E-state index contributed by atoms with van der Waals surface area (Å²) in [6, 6.07) is 1.68. The van der Waals surface area contributed by atoms with Gasteiger partial charge in [0.1, 0.15) is 5.75 Å². The van der Waals surface area contributed by atoms with Crippen LogP contribution in [-0.2, 0) is 0 Å². The fraction of sp³-hybridized carbons (Fsp3) is 0.538. The minimum Gasteiger partial charge on any atom is -0.494 e. The largest absolute Gasteiger partial charge is 0.494 e. The Morgan fingerprint density at radius 3 is 2.89 bits per heavy atom. The van der Waals surface area contributed by atoms with Crippen molar-refractivity contribution in [3.63, 3.8) is 0 Å². The molecule has 0 radical (unpaired) electrons. The lowest BCUT2D eigenvalue weighted by molar-refractivity contribution is 0.0789. The van der Waals surface area contributed by atoms with Crippen LogP contribution in [0, 0.1) is 0 Å². The lowest BCUT2D eigenvalue weighted by Gasteiger charge is -2.18. The molecule has 1 amide bonds. The average Bonchev–Trinajstić information content (AvgIpc) is 2.42. The minimum atomic E-state index is -0.0416. The van der Waals surface area contributed by atoms with Crippen molar-refractivity contribution in [1.29, 1.82) is 0 Å².